The van der Waals surface area contributed by atoms with Crippen molar-refractivity contribution in [2.24, 2.45) is 10.2 Å². The number of benzene rings is 3. The third-order valence-corrected chi connectivity index (χ3v) is 3.72. The molecule has 0 radical (unpaired) electrons. The van der Waals surface area contributed by atoms with Crippen molar-refractivity contribution >= 4 is 34.7 Å². The second kappa shape index (κ2) is 9.00. The molecule has 0 spiro atoms. The first-order chi connectivity index (χ1) is 13.6. The molecule has 0 unspecified atom stereocenters. The van der Waals surface area contributed by atoms with E-state index in [4.69, 9.17) is 0 Å². The van der Waals surface area contributed by atoms with Crippen LogP contribution in [-0.4, -0.2) is 10.8 Å². The molecular formula is C21H16N4O3. The Labute approximate surface area is 161 Å². The van der Waals surface area contributed by atoms with E-state index >= 15 is 0 Å². The summed E-state index contributed by atoms with van der Waals surface area (Å²) < 4.78 is 0. The first-order valence-corrected chi connectivity index (χ1v) is 8.41. The van der Waals surface area contributed by atoms with Gasteiger partial charge in [-0.1, -0.05) is 30.3 Å². The van der Waals surface area contributed by atoms with Crippen LogP contribution < -0.4 is 5.32 Å². The highest BCUT2D eigenvalue weighted by Crippen LogP contribution is 2.21. The maximum absolute atomic E-state index is 12.1. The van der Waals surface area contributed by atoms with Crippen molar-refractivity contribution in [1.82, 2.24) is 0 Å². The Morgan fingerprint density at radius 2 is 1.46 bits per heavy atom. The number of rotatable bonds is 6. The number of anilines is 1. The Bertz CT molecular complexity index is 1030. The van der Waals surface area contributed by atoms with Crippen molar-refractivity contribution in [3.05, 3.63) is 101 Å². The van der Waals surface area contributed by atoms with Gasteiger partial charge in [0.25, 0.3) is 5.69 Å². The zero-order valence-electron chi connectivity index (χ0n) is 14.7. The second-order valence-electron chi connectivity index (χ2n) is 5.72. The minimum atomic E-state index is -0.486. The number of carbonyl (C=O) groups is 1. The molecule has 1 N–H and O–H groups in total. The number of carbonyl (C=O) groups excluding carboxylic acids is 1. The molecule has 7 heteroatoms. The van der Waals surface area contributed by atoms with E-state index in [1.807, 2.05) is 30.3 Å². The Hall–Kier alpha value is -4.13. The lowest BCUT2D eigenvalue weighted by Gasteiger charge is -2.02. The van der Waals surface area contributed by atoms with Gasteiger partial charge in [-0.15, -0.1) is 0 Å². The van der Waals surface area contributed by atoms with Gasteiger partial charge in [0.1, 0.15) is 0 Å². The fourth-order valence-electron chi connectivity index (χ4n) is 2.37. The van der Waals surface area contributed by atoms with Gasteiger partial charge in [0.15, 0.2) is 0 Å². The zero-order valence-corrected chi connectivity index (χ0v) is 14.7. The molecule has 28 heavy (non-hydrogen) atoms. The molecule has 0 fully saturated rings. The molecule has 0 bridgehead atoms. The Kier molecular flexibility index (Phi) is 5.99. The van der Waals surface area contributed by atoms with Gasteiger partial charge >= 0.3 is 0 Å². The fraction of sp³-hybridized carbons (Fsp3) is 0. The van der Waals surface area contributed by atoms with Crippen LogP contribution in [0.4, 0.5) is 22.7 Å². The van der Waals surface area contributed by atoms with Gasteiger partial charge in [0.2, 0.25) is 5.91 Å². The summed E-state index contributed by atoms with van der Waals surface area (Å²) in [5, 5.41) is 21.9. The van der Waals surface area contributed by atoms with Gasteiger partial charge in [-0.3, -0.25) is 14.9 Å². The molecule has 0 aliphatic carbocycles. The summed E-state index contributed by atoms with van der Waals surface area (Å²) in [6.45, 7) is 0. The van der Waals surface area contributed by atoms with Crippen LogP contribution >= 0.6 is 0 Å². The molecule has 3 aromatic carbocycles. The van der Waals surface area contributed by atoms with E-state index in [-0.39, 0.29) is 5.69 Å². The fourth-order valence-corrected chi connectivity index (χ4v) is 2.37. The molecule has 3 rings (SSSR count). The third kappa shape index (κ3) is 5.18. The second-order valence-corrected chi connectivity index (χ2v) is 5.72. The molecule has 0 saturated heterocycles. The Balaban J connectivity index is 1.62. The molecule has 7 nitrogen and oxygen atoms in total. The topological polar surface area (TPSA) is 97.0 Å². The highest BCUT2D eigenvalue weighted by molar-refractivity contribution is 6.02. The van der Waals surface area contributed by atoms with Gasteiger partial charge in [-0.05, 0) is 48.5 Å². The van der Waals surface area contributed by atoms with E-state index in [0.29, 0.717) is 16.9 Å². The van der Waals surface area contributed by atoms with Crippen LogP contribution in [0, 0.1) is 10.1 Å². The molecule has 3 aromatic rings. The monoisotopic (exact) mass is 372 g/mol. The van der Waals surface area contributed by atoms with Gasteiger partial charge < -0.3 is 5.32 Å². The molecule has 0 aliphatic rings. The quantitative estimate of drug-likeness (QED) is 0.261. The van der Waals surface area contributed by atoms with Crippen LogP contribution in [0.5, 0.6) is 0 Å². The summed E-state index contributed by atoms with van der Waals surface area (Å²) in [4.78, 5) is 22.6. The van der Waals surface area contributed by atoms with Gasteiger partial charge in [-0.2, -0.15) is 10.2 Å². The maximum Gasteiger partial charge on any atom is 0.276 e. The summed E-state index contributed by atoms with van der Waals surface area (Å²) in [5.41, 5.74) is 2.28. The highest BCUT2D eigenvalue weighted by Gasteiger charge is 2.09. The van der Waals surface area contributed by atoms with Crippen molar-refractivity contribution in [2.75, 3.05) is 5.32 Å². The van der Waals surface area contributed by atoms with E-state index in [9.17, 15) is 14.9 Å². The number of nitrogens with one attached hydrogen (secondary N) is 1. The van der Waals surface area contributed by atoms with E-state index < -0.39 is 10.8 Å². The lowest BCUT2D eigenvalue weighted by molar-refractivity contribution is -0.385. The van der Waals surface area contributed by atoms with Crippen LogP contribution in [0.3, 0.4) is 0 Å². The molecule has 0 heterocycles. The average molecular weight is 372 g/mol. The standard InChI is InChI=1S/C21H16N4O3/c26-21(15-10-16-6-4-5-9-20(16)25(27)28)22-17-11-13-19(14-12-17)24-23-18-7-2-1-3-8-18/h1-15H,(H,22,26)/b15-10+,24-23?. The average Bonchev–Trinajstić information content (AvgIpc) is 2.72. The number of azo groups is 1. The normalized spacial score (nSPS) is 11.0. The summed E-state index contributed by atoms with van der Waals surface area (Å²) in [5.74, 6) is -0.392. The number of amides is 1. The van der Waals surface area contributed by atoms with Gasteiger partial charge in [-0.25, -0.2) is 0 Å². The number of hydrogen-bond donors (Lipinski definition) is 1. The predicted molar refractivity (Wildman–Crippen MR) is 108 cm³/mol. The van der Waals surface area contributed by atoms with Crippen LogP contribution in [0.15, 0.2) is 95.2 Å². The van der Waals surface area contributed by atoms with Crippen LogP contribution in [0.2, 0.25) is 0 Å². The molecule has 0 saturated carbocycles. The van der Waals surface area contributed by atoms with Crippen LogP contribution in [0.25, 0.3) is 6.08 Å². The molecule has 1 amide bonds. The number of nitrogens with zero attached hydrogens (tertiary/aromatic N) is 3. The number of hydrogen-bond acceptors (Lipinski definition) is 5. The largest absolute Gasteiger partial charge is 0.323 e. The summed E-state index contributed by atoms with van der Waals surface area (Å²) >= 11 is 0. The van der Waals surface area contributed by atoms with Crippen LogP contribution in [0.1, 0.15) is 5.56 Å². The minimum absolute atomic E-state index is 0.0559. The first-order valence-electron chi connectivity index (χ1n) is 8.41. The molecule has 0 atom stereocenters. The molecule has 0 aliphatic heterocycles. The summed E-state index contributed by atoms with van der Waals surface area (Å²) in [6.07, 6.45) is 2.67. The third-order valence-electron chi connectivity index (χ3n) is 3.72. The van der Waals surface area contributed by atoms with E-state index in [2.05, 4.69) is 15.5 Å². The van der Waals surface area contributed by atoms with Gasteiger partial charge in [0, 0.05) is 17.8 Å². The molecule has 138 valence electrons. The summed E-state index contributed by atoms with van der Waals surface area (Å²) in [7, 11) is 0. The van der Waals surface area contributed by atoms with Gasteiger partial charge in [0.05, 0.1) is 21.9 Å². The SMILES string of the molecule is O=C(/C=C/c1ccccc1[N+](=O)[O-])Nc1ccc(N=Nc2ccccc2)cc1. The molecular weight excluding hydrogens is 356 g/mol. The smallest absolute Gasteiger partial charge is 0.276 e. The van der Waals surface area contributed by atoms with Crippen molar-refractivity contribution in [3.63, 3.8) is 0 Å². The van der Waals surface area contributed by atoms with E-state index in [1.54, 1.807) is 42.5 Å². The first kappa shape index (κ1) is 18.7. The minimum Gasteiger partial charge on any atom is -0.323 e. The Morgan fingerprint density at radius 1 is 0.857 bits per heavy atom. The van der Waals surface area contributed by atoms with Crippen LogP contribution in [-0.2, 0) is 4.79 Å². The van der Waals surface area contributed by atoms with E-state index in [0.717, 1.165) is 5.69 Å². The Morgan fingerprint density at radius 3 is 2.14 bits per heavy atom. The summed E-state index contributed by atoms with van der Waals surface area (Å²) in [6, 6.07) is 22.4. The molecule has 0 aromatic heterocycles. The van der Waals surface area contributed by atoms with Crippen molar-refractivity contribution in [3.8, 4) is 0 Å². The lowest BCUT2D eigenvalue weighted by atomic mass is 10.1. The number of nitro benzene ring substituents is 1. The van der Waals surface area contributed by atoms with E-state index in [1.165, 1.54) is 18.2 Å². The van der Waals surface area contributed by atoms with Crippen molar-refractivity contribution < 1.29 is 9.72 Å². The van der Waals surface area contributed by atoms with Crippen molar-refractivity contribution in [2.45, 2.75) is 0 Å². The lowest BCUT2D eigenvalue weighted by Crippen LogP contribution is -2.07. The predicted octanol–water partition coefficient (Wildman–Crippen LogP) is 5.66. The van der Waals surface area contributed by atoms with Crippen molar-refractivity contribution in [1.29, 1.82) is 0 Å². The zero-order chi connectivity index (χ0) is 19.8. The number of para-hydroxylation sites is 1. The maximum atomic E-state index is 12.1. The highest BCUT2D eigenvalue weighted by atomic mass is 16.6. The number of nitro groups is 1.